The molecule has 1 nitrogen and oxygen atoms in total. The Labute approximate surface area is 70.8 Å². The van der Waals surface area contributed by atoms with Gasteiger partial charge in [-0.05, 0) is 38.8 Å². The molecule has 2 unspecified atom stereocenters. The van der Waals surface area contributed by atoms with Gasteiger partial charge >= 0.3 is 0 Å². The molecule has 0 bridgehead atoms. The molecular weight excluding hydrogens is 134 g/mol. The highest BCUT2D eigenvalue weighted by Gasteiger charge is 2.25. The molecule has 1 saturated carbocycles. The highest BCUT2D eigenvalue weighted by Crippen LogP contribution is 2.30. The van der Waals surface area contributed by atoms with E-state index in [-0.39, 0.29) is 0 Å². The van der Waals surface area contributed by atoms with Crippen LogP contribution < -0.4 is 0 Å². The van der Waals surface area contributed by atoms with Gasteiger partial charge in [-0.25, -0.2) is 0 Å². The predicted octanol–water partition coefficient (Wildman–Crippen LogP) is 2.52. The number of hydrogen-bond acceptors (Lipinski definition) is 1. The predicted molar refractivity (Wildman–Crippen MR) is 49.7 cm³/mol. The summed E-state index contributed by atoms with van der Waals surface area (Å²) in [6.45, 7) is 5.78. The lowest BCUT2D eigenvalue weighted by Gasteiger charge is -2.22. The Balaban J connectivity index is 2.29. The number of nitrogens with zero attached hydrogens (tertiary/aromatic N) is 1. The summed E-state index contributed by atoms with van der Waals surface area (Å²) in [5.41, 5.74) is 0. The van der Waals surface area contributed by atoms with Crippen LogP contribution in [0, 0.1) is 5.92 Å². The standard InChI is InChI=1S/C10H21N/c1-4-9-6-7-10(8-9)11(3)5-2/h9-10H,4-8H2,1-3H3. The highest BCUT2D eigenvalue weighted by atomic mass is 15.1. The van der Waals surface area contributed by atoms with E-state index in [2.05, 4.69) is 25.8 Å². The van der Waals surface area contributed by atoms with Gasteiger partial charge in [0.2, 0.25) is 0 Å². The Morgan fingerprint density at radius 2 is 2.00 bits per heavy atom. The van der Waals surface area contributed by atoms with Crippen molar-refractivity contribution in [3.05, 3.63) is 0 Å². The van der Waals surface area contributed by atoms with Gasteiger partial charge < -0.3 is 4.90 Å². The van der Waals surface area contributed by atoms with E-state index in [0.29, 0.717) is 0 Å². The SMILES string of the molecule is CCC1CCC(N(C)CC)C1. The van der Waals surface area contributed by atoms with E-state index in [1.54, 1.807) is 0 Å². The van der Waals surface area contributed by atoms with Crippen molar-refractivity contribution in [1.82, 2.24) is 4.90 Å². The van der Waals surface area contributed by atoms with Crippen LogP contribution in [0.25, 0.3) is 0 Å². The molecule has 0 aromatic rings. The second kappa shape index (κ2) is 4.10. The minimum Gasteiger partial charge on any atom is -0.304 e. The third kappa shape index (κ3) is 2.19. The van der Waals surface area contributed by atoms with Crippen LogP contribution in [0.4, 0.5) is 0 Å². The van der Waals surface area contributed by atoms with Crippen LogP contribution in [0.15, 0.2) is 0 Å². The van der Waals surface area contributed by atoms with Crippen LogP contribution in [-0.2, 0) is 0 Å². The molecule has 0 amide bonds. The van der Waals surface area contributed by atoms with Crippen LogP contribution in [0.5, 0.6) is 0 Å². The minimum absolute atomic E-state index is 0.893. The molecule has 1 heteroatoms. The van der Waals surface area contributed by atoms with Crippen LogP contribution in [0.1, 0.15) is 39.5 Å². The van der Waals surface area contributed by atoms with Crippen LogP contribution in [0.2, 0.25) is 0 Å². The summed E-state index contributed by atoms with van der Waals surface area (Å²) in [4.78, 5) is 2.50. The molecule has 0 aromatic carbocycles. The first-order valence-corrected chi connectivity index (χ1v) is 4.98. The van der Waals surface area contributed by atoms with Crippen LogP contribution >= 0.6 is 0 Å². The molecule has 1 aliphatic carbocycles. The topological polar surface area (TPSA) is 3.24 Å². The molecule has 2 atom stereocenters. The fourth-order valence-electron chi connectivity index (χ4n) is 2.08. The average Bonchev–Trinajstić information content (AvgIpc) is 2.50. The second-order valence-electron chi connectivity index (χ2n) is 3.81. The molecule has 0 aromatic heterocycles. The smallest absolute Gasteiger partial charge is 0.00948 e. The first-order valence-electron chi connectivity index (χ1n) is 4.98. The molecule has 0 aliphatic heterocycles. The van der Waals surface area contributed by atoms with Crippen molar-refractivity contribution in [2.75, 3.05) is 13.6 Å². The maximum absolute atomic E-state index is 2.50. The lowest BCUT2D eigenvalue weighted by Crippen LogP contribution is -2.28. The second-order valence-corrected chi connectivity index (χ2v) is 3.81. The Morgan fingerprint density at radius 1 is 1.27 bits per heavy atom. The molecule has 0 spiro atoms. The van der Waals surface area contributed by atoms with Gasteiger partial charge in [-0.1, -0.05) is 20.3 Å². The third-order valence-corrected chi connectivity index (χ3v) is 3.21. The lowest BCUT2D eigenvalue weighted by molar-refractivity contribution is 0.251. The zero-order chi connectivity index (χ0) is 8.27. The Hall–Kier alpha value is -0.0400. The number of rotatable bonds is 3. The van der Waals surface area contributed by atoms with Gasteiger partial charge in [0.25, 0.3) is 0 Å². The lowest BCUT2D eigenvalue weighted by atomic mass is 10.1. The van der Waals surface area contributed by atoms with Crippen molar-refractivity contribution in [2.45, 2.75) is 45.6 Å². The van der Waals surface area contributed by atoms with E-state index in [1.807, 2.05) is 0 Å². The fourth-order valence-corrected chi connectivity index (χ4v) is 2.08. The monoisotopic (exact) mass is 155 g/mol. The van der Waals surface area contributed by atoms with Gasteiger partial charge in [-0.2, -0.15) is 0 Å². The van der Waals surface area contributed by atoms with Gasteiger partial charge in [0.15, 0.2) is 0 Å². The van der Waals surface area contributed by atoms with E-state index in [0.717, 1.165) is 12.0 Å². The number of hydrogen-bond donors (Lipinski definition) is 0. The largest absolute Gasteiger partial charge is 0.304 e. The van der Waals surface area contributed by atoms with Crippen LogP contribution in [-0.4, -0.2) is 24.5 Å². The summed E-state index contributed by atoms with van der Waals surface area (Å²) in [7, 11) is 2.25. The van der Waals surface area contributed by atoms with E-state index >= 15 is 0 Å². The maximum atomic E-state index is 2.50. The highest BCUT2D eigenvalue weighted by molar-refractivity contribution is 4.80. The van der Waals surface area contributed by atoms with E-state index in [1.165, 1.54) is 32.2 Å². The van der Waals surface area contributed by atoms with Crippen molar-refractivity contribution in [3.63, 3.8) is 0 Å². The van der Waals surface area contributed by atoms with Crippen molar-refractivity contribution < 1.29 is 0 Å². The molecule has 1 fully saturated rings. The van der Waals surface area contributed by atoms with Crippen LogP contribution in [0.3, 0.4) is 0 Å². The summed E-state index contributed by atoms with van der Waals surface area (Å²) < 4.78 is 0. The zero-order valence-corrected chi connectivity index (χ0v) is 8.14. The fraction of sp³-hybridized carbons (Fsp3) is 1.00. The van der Waals surface area contributed by atoms with Gasteiger partial charge in [0.05, 0.1) is 0 Å². The maximum Gasteiger partial charge on any atom is 0.00948 e. The molecule has 0 radical (unpaired) electrons. The van der Waals surface area contributed by atoms with Crippen molar-refractivity contribution in [2.24, 2.45) is 5.92 Å². The molecule has 11 heavy (non-hydrogen) atoms. The minimum atomic E-state index is 0.893. The average molecular weight is 155 g/mol. The van der Waals surface area contributed by atoms with Gasteiger partial charge in [0, 0.05) is 6.04 Å². The molecular formula is C10H21N. The molecule has 1 rings (SSSR count). The quantitative estimate of drug-likeness (QED) is 0.605. The molecule has 0 N–H and O–H groups in total. The normalized spacial score (nSPS) is 31.6. The summed E-state index contributed by atoms with van der Waals surface area (Å²) in [5, 5.41) is 0. The summed E-state index contributed by atoms with van der Waals surface area (Å²) in [5.74, 6) is 1.02. The first kappa shape index (κ1) is 9.05. The molecule has 1 aliphatic rings. The van der Waals surface area contributed by atoms with E-state index in [4.69, 9.17) is 0 Å². The Kier molecular flexibility index (Phi) is 3.38. The summed E-state index contributed by atoms with van der Waals surface area (Å²) >= 11 is 0. The third-order valence-electron chi connectivity index (χ3n) is 3.21. The van der Waals surface area contributed by atoms with Crippen molar-refractivity contribution in [1.29, 1.82) is 0 Å². The Bertz CT molecular complexity index is 111. The molecule has 0 saturated heterocycles. The van der Waals surface area contributed by atoms with Crippen molar-refractivity contribution in [3.8, 4) is 0 Å². The van der Waals surface area contributed by atoms with Gasteiger partial charge in [-0.15, -0.1) is 0 Å². The van der Waals surface area contributed by atoms with Gasteiger partial charge in [-0.3, -0.25) is 0 Å². The van der Waals surface area contributed by atoms with E-state index in [9.17, 15) is 0 Å². The first-order chi connectivity index (χ1) is 5.27. The van der Waals surface area contributed by atoms with Crippen molar-refractivity contribution >= 4 is 0 Å². The molecule has 0 heterocycles. The Morgan fingerprint density at radius 3 is 2.45 bits per heavy atom. The zero-order valence-electron chi connectivity index (χ0n) is 8.14. The summed E-state index contributed by atoms with van der Waals surface area (Å²) in [6, 6.07) is 0.893. The van der Waals surface area contributed by atoms with E-state index < -0.39 is 0 Å². The molecule has 66 valence electrons. The van der Waals surface area contributed by atoms with Gasteiger partial charge in [0.1, 0.15) is 0 Å². The summed E-state index contributed by atoms with van der Waals surface area (Å²) in [6.07, 6.45) is 5.73.